The molecule has 2 aliphatic heterocycles. The fraction of sp³-hybridized carbons (Fsp3) is 0.636. The van der Waals surface area contributed by atoms with Crippen LogP contribution in [0, 0.1) is 0 Å². The molecule has 0 saturated carbocycles. The Balaban J connectivity index is 1.57. The van der Waals surface area contributed by atoms with Crippen LogP contribution in [0.4, 0.5) is 0 Å². The molecule has 0 N–H and O–H groups in total. The summed E-state index contributed by atoms with van der Waals surface area (Å²) in [6.45, 7) is 11.5. The summed E-state index contributed by atoms with van der Waals surface area (Å²) in [5.41, 5.74) is 1.94. The van der Waals surface area contributed by atoms with Crippen molar-refractivity contribution in [3.8, 4) is 0 Å². The summed E-state index contributed by atoms with van der Waals surface area (Å²) >= 11 is 0. The molecular formula is C22H33N3O3. The molecule has 2 fully saturated rings. The van der Waals surface area contributed by atoms with Crippen molar-refractivity contribution < 1.29 is 14.3 Å². The number of rotatable bonds is 4. The number of hydrogen-bond donors (Lipinski definition) is 0. The fourth-order valence-corrected chi connectivity index (χ4v) is 4.20. The maximum absolute atomic E-state index is 12.9. The molecule has 2 amide bonds. The van der Waals surface area contributed by atoms with E-state index in [4.69, 9.17) is 4.74 Å². The van der Waals surface area contributed by atoms with Gasteiger partial charge < -0.3 is 14.5 Å². The maximum atomic E-state index is 12.9. The smallest absolute Gasteiger partial charge is 0.253 e. The number of morpholine rings is 1. The van der Waals surface area contributed by atoms with E-state index in [-0.39, 0.29) is 24.0 Å². The largest absolute Gasteiger partial charge is 0.373 e. The Labute approximate surface area is 168 Å². The number of hydrogen-bond acceptors (Lipinski definition) is 4. The lowest BCUT2D eigenvalue weighted by Gasteiger charge is -2.35. The molecule has 0 aromatic heterocycles. The number of carbonyl (C=O) groups is 2. The summed E-state index contributed by atoms with van der Waals surface area (Å²) in [5, 5.41) is 0. The highest BCUT2D eigenvalue weighted by Gasteiger charge is 2.23. The minimum Gasteiger partial charge on any atom is -0.373 e. The lowest BCUT2D eigenvalue weighted by atomic mass is 10.1. The Morgan fingerprint density at radius 2 is 1.57 bits per heavy atom. The zero-order valence-electron chi connectivity index (χ0n) is 17.4. The van der Waals surface area contributed by atoms with Gasteiger partial charge in [-0.3, -0.25) is 14.5 Å². The van der Waals surface area contributed by atoms with Crippen LogP contribution in [0.2, 0.25) is 0 Å². The first-order chi connectivity index (χ1) is 13.5. The molecule has 2 unspecified atom stereocenters. The summed E-state index contributed by atoms with van der Waals surface area (Å²) in [6.07, 6.45) is 1.87. The maximum Gasteiger partial charge on any atom is 0.253 e. The zero-order valence-corrected chi connectivity index (χ0v) is 17.4. The fourth-order valence-electron chi connectivity index (χ4n) is 4.20. The van der Waals surface area contributed by atoms with E-state index in [2.05, 4.69) is 30.9 Å². The van der Waals surface area contributed by atoms with Crippen molar-refractivity contribution >= 4 is 11.8 Å². The van der Waals surface area contributed by atoms with Crippen molar-refractivity contribution in [1.29, 1.82) is 0 Å². The topological polar surface area (TPSA) is 53.1 Å². The molecule has 1 aromatic rings. The predicted octanol–water partition coefficient (Wildman–Crippen LogP) is 2.38. The molecule has 0 aliphatic carbocycles. The molecule has 1 aromatic carbocycles. The molecule has 2 saturated heterocycles. The van der Waals surface area contributed by atoms with Crippen molar-refractivity contribution in [2.24, 2.45) is 0 Å². The van der Waals surface area contributed by atoms with Gasteiger partial charge in [0.15, 0.2) is 0 Å². The second-order valence-corrected chi connectivity index (χ2v) is 8.03. The normalized spacial score (nSPS) is 24.1. The molecule has 0 radical (unpaired) electrons. The van der Waals surface area contributed by atoms with E-state index >= 15 is 0 Å². The van der Waals surface area contributed by atoms with Crippen molar-refractivity contribution in [3.63, 3.8) is 0 Å². The van der Waals surface area contributed by atoms with Crippen LogP contribution in [0.15, 0.2) is 24.3 Å². The summed E-state index contributed by atoms with van der Waals surface area (Å²) in [7, 11) is 0. The second kappa shape index (κ2) is 9.52. The van der Waals surface area contributed by atoms with E-state index in [0.717, 1.165) is 38.2 Å². The lowest BCUT2D eigenvalue weighted by Crippen LogP contribution is -2.44. The summed E-state index contributed by atoms with van der Waals surface area (Å²) in [5.74, 6) is 0.233. The van der Waals surface area contributed by atoms with E-state index < -0.39 is 0 Å². The summed E-state index contributed by atoms with van der Waals surface area (Å²) in [4.78, 5) is 31.0. The van der Waals surface area contributed by atoms with Gasteiger partial charge in [0, 0.05) is 57.8 Å². The Hall–Kier alpha value is -1.92. The monoisotopic (exact) mass is 387 g/mol. The predicted molar refractivity (Wildman–Crippen MR) is 109 cm³/mol. The standard InChI is InChI=1S/C22H33N3O3/c1-4-21(26)24-10-5-11-25(13-12-24)22(27)20-8-6-19(7-9-20)16-23-14-17(2)28-18(3)15-23/h6-9,17-18H,4-5,10-16H2,1-3H3. The Morgan fingerprint density at radius 1 is 0.964 bits per heavy atom. The van der Waals surface area contributed by atoms with E-state index in [1.165, 1.54) is 5.56 Å². The number of carbonyl (C=O) groups excluding carboxylic acids is 2. The Kier molecular flexibility index (Phi) is 7.08. The average Bonchev–Trinajstić information content (AvgIpc) is 2.93. The number of benzene rings is 1. The molecule has 2 aliphatic rings. The number of ether oxygens (including phenoxy) is 1. The van der Waals surface area contributed by atoms with E-state index in [1.54, 1.807) is 0 Å². The van der Waals surface area contributed by atoms with Gasteiger partial charge in [0.2, 0.25) is 5.91 Å². The van der Waals surface area contributed by atoms with Gasteiger partial charge in [0.1, 0.15) is 0 Å². The van der Waals surface area contributed by atoms with Crippen LogP contribution in [-0.4, -0.2) is 78.0 Å². The summed E-state index contributed by atoms with van der Waals surface area (Å²) < 4.78 is 5.80. The van der Waals surface area contributed by atoms with Crippen LogP contribution in [0.1, 0.15) is 49.5 Å². The van der Waals surface area contributed by atoms with Crippen LogP contribution < -0.4 is 0 Å². The minimum absolute atomic E-state index is 0.0611. The van der Waals surface area contributed by atoms with Gasteiger partial charge in [-0.1, -0.05) is 19.1 Å². The van der Waals surface area contributed by atoms with Crippen molar-refractivity contribution in [2.75, 3.05) is 39.3 Å². The minimum atomic E-state index is 0.0611. The van der Waals surface area contributed by atoms with Gasteiger partial charge >= 0.3 is 0 Å². The highest BCUT2D eigenvalue weighted by Crippen LogP contribution is 2.16. The van der Waals surface area contributed by atoms with Gasteiger partial charge in [0.25, 0.3) is 5.91 Å². The van der Waals surface area contributed by atoms with Gasteiger partial charge in [-0.15, -0.1) is 0 Å². The molecule has 3 rings (SSSR count). The van der Waals surface area contributed by atoms with Crippen molar-refractivity contribution in [1.82, 2.24) is 14.7 Å². The second-order valence-electron chi connectivity index (χ2n) is 8.03. The number of amides is 2. The summed E-state index contributed by atoms with van der Waals surface area (Å²) in [6, 6.07) is 7.99. The van der Waals surface area contributed by atoms with Crippen LogP contribution in [0.5, 0.6) is 0 Å². The van der Waals surface area contributed by atoms with Crippen LogP contribution >= 0.6 is 0 Å². The molecule has 6 nitrogen and oxygen atoms in total. The van der Waals surface area contributed by atoms with Gasteiger partial charge in [-0.25, -0.2) is 0 Å². The van der Waals surface area contributed by atoms with Crippen LogP contribution in [0.25, 0.3) is 0 Å². The third kappa shape index (κ3) is 5.32. The molecule has 2 heterocycles. The highest BCUT2D eigenvalue weighted by molar-refractivity contribution is 5.94. The third-order valence-electron chi connectivity index (χ3n) is 5.54. The molecule has 154 valence electrons. The molecule has 6 heteroatoms. The SMILES string of the molecule is CCC(=O)N1CCCN(C(=O)c2ccc(CN3CC(C)OC(C)C3)cc2)CC1. The quantitative estimate of drug-likeness (QED) is 0.796. The first-order valence-electron chi connectivity index (χ1n) is 10.5. The average molecular weight is 388 g/mol. The first kappa shape index (κ1) is 20.8. The first-order valence-corrected chi connectivity index (χ1v) is 10.5. The Morgan fingerprint density at radius 3 is 2.21 bits per heavy atom. The highest BCUT2D eigenvalue weighted by atomic mass is 16.5. The Bertz CT molecular complexity index is 666. The van der Waals surface area contributed by atoms with E-state index in [9.17, 15) is 9.59 Å². The van der Waals surface area contributed by atoms with Crippen LogP contribution in [-0.2, 0) is 16.1 Å². The zero-order chi connectivity index (χ0) is 20.1. The van der Waals surface area contributed by atoms with Gasteiger partial charge in [0.05, 0.1) is 12.2 Å². The lowest BCUT2D eigenvalue weighted by molar-refractivity contribution is -0.130. The molecule has 28 heavy (non-hydrogen) atoms. The van der Waals surface area contributed by atoms with Crippen molar-refractivity contribution in [2.45, 2.75) is 52.4 Å². The molecular weight excluding hydrogens is 354 g/mol. The molecule has 0 bridgehead atoms. The van der Waals surface area contributed by atoms with E-state index in [1.807, 2.05) is 28.9 Å². The molecule has 0 spiro atoms. The van der Waals surface area contributed by atoms with Crippen LogP contribution in [0.3, 0.4) is 0 Å². The van der Waals surface area contributed by atoms with E-state index in [0.29, 0.717) is 26.1 Å². The molecule has 2 atom stereocenters. The number of nitrogens with zero attached hydrogens (tertiary/aromatic N) is 3. The van der Waals surface area contributed by atoms with Gasteiger partial charge in [-0.05, 0) is 38.0 Å². The van der Waals surface area contributed by atoms with Gasteiger partial charge in [-0.2, -0.15) is 0 Å². The van der Waals surface area contributed by atoms with Crippen molar-refractivity contribution in [3.05, 3.63) is 35.4 Å². The third-order valence-corrected chi connectivity index (χ3v) is 5.54.